The van der Waals surface area contributed by atoms with Crippen molar-refractivity contribution in [3.8, 4) is 0 Å². The van der Waals surface area contributed by atoms with Gasteiger partial charge in [0.1, 0.15) is 0 Å². The van der Waals surface area contributed by atoms with Crippen molar-refractivity contribution in [3.63, 3.8) is 0 Å². The third-order valence-electron chi connectivity index (χ3n) is 4.69. The fourth-order valence-electron chi connectivity index (χ4n) is 3.13. The second-order valence-corrected chi connectivity index (χ2v) is 7.57. The van der Waals surface area contributed by atoms with E-state index in [-0.39, 0.29) is 58.0 Å². The summed E-state index contributed by atoms with van der Waals surface area (Å²) in [5, 5.41) is 3.15. The zero-order valence-corrected chi connectivity index (χ0v) is 19.1. The van der Waals surface area contributed by atoms with Gasteiger partial charge in [-0.1, -0.05) is 29.3 Å². The maximum atomic E-state index is 12.9. The highest BCUT2D eigenvalue weighted by molar-refractivity contribution is 6.39. The summed E-state index contributed by atoms with van der Waals surface area (Å²) < 4.78 is 4.79. The number of benzene rings is 1. The van der Waals surface area contributed by atoms with Crippen molar-refractivity contribution < 1.29 is 23.9 Å². The average Bonchev–Trinajstić information content (AvgIpc) is 3.04. The molecule has 0 unspecified atom stereocenters. The van der Waals surface area contributed by atoms with Crippen molar-refractivity contribution in [2.45, 2.75) is 27.2 Å². The molecule has 8 nitrogen and oxygen atoms in total. The predicted octanol–water partition coefficient (Wildman–Crippen LogP) is 3.65. The highest BCUT2D eigenvalue weighted by Crippen LogP contribution is 2.29. The van der Waals surface area contributed by atoms with Crippen LogP contribution in [0.15, 0.2) is 18.2 Å². The van der Waals surface area contributed by atoms with Crippen LogP contribution in [0.1, 0.15) is 46.0 Å². The third kappa shape index (κ3) is 5.65. The molecule has 0 atom stereocenters. The number of likely N-dealkylation sites (N-methyl/N-ethyl adjacent to an activating group) is 1. The molecule has 2 rings (SSSR count). The summed E-state index contributed by atoms with van der Waals surface area (Å²) in [4.78, 5) is 53.5. The van der Waals surface area contributed by atoms with Gasteiger partial charge in [0, 0.05) is 19.2 Å². The van der Waals surface area contributed by atoms with E-state index in [0.717, 1.165) is 0 Å². The zero-order chi connectivity index (χ0) is 23.3. The Morgan fingerprint density at radius 2 is 1.77 bits per heavy atom. The second-order valence-electron chi connectivity index (χ2n) is 6.76. The Hall–Kier alpha value is -2.84. The fourth-order valence-corrected chi connectivity index (χ4v) is 3.62. The van der Waals surface area contributed by atoms with Crippen LogP contribution in [-0.2, 0) is 20.7 Å². The first-order valence-corrected chi connectivity index (χ1v) is 10.2. The van der Waals surface area contributed by atoms with Crippen molar-refractivity contribution >= 4 is 52.5 Å². The number of amides is 2. The number of hydrogen-bond acceptors (Lipinski definition) is 5. The SMILES string of the molecule is CCN(CC(=O)Nc1c(Cl)cccc1Cl)C(=O)Cc1[nH]c(C(C)=O)c(C)c1C(=O)OC. The molecule has 0 bridgehead atoms. The molecule has 2 aromatic rings. The Kier molecular flexibility index (Phi) is 8.24. The van der Waals surface area contributed by atoms with Crippen LogP contribution in [0.25, 0.3) is 0 Å². The monoisotopic (exact) mass is 467 g/mol. The minimum Gasteiger partial charge on any atom is -0.465 e. The van der Waals surface area contributed by atoms with Crippen LogP contribution in [0.3, 0.4) is 0 Å². The number of halogens is 2. The molecule has 0 radical (unpaired) electrons. The fraction of sp³-hybridized carbons (Fsp3) is 0.333. The van der Waals surface area contributed by atoms with Crippen LogP contribution in [-0.4, -0.2) is 53.7 Å². The lowest BCUT2D eigenvalue weighted by Crippen LogP contribution is -2.39. The van der Waals surface area contributed by atoms with Crippen LogP contribution in [0.4, 0.5) is 5.69 Å². The van der Waals surface area contributed by atoms with Gasteiger partial charge in [-0.15, -0.1) is 0 Å². The molecule has 2 amide bonds. The Bertz CT molecular complexity index is 1010. The molecule has 0 aliphatic carbocycles. The predicted molar refractivity (Wildman–Crippen MR) is 118 cm³/mol. The molecular formula is C21H23Cl2N3O5. The highest BCUT2D eigenvalue weighted by atomic mass is 35.5. The van der Waals surface area contributed by atoms with Crippen molar-refractivity contribution in [1.29, 1.82) is 0 Å². The van der Waals surface area contributed by atoms with Gasteiger partial charge < -0.3 is 19.9 Å². The lowest BCUT2D eigenvalue weighted by atomic mass is 10.1. The van der Waals surface area contributed by atoms with E-state index >= 15 is 0 Å². The van der Waals surface area contributed by atoms with E-state index in [1.54, 1.807) is 32.0 Å². The van der Waals surface area contributed by atoms with Crippen LogP contribution in [0.2, 0.25) is 10.0 Å². The maximum absolute atomic E-state index is 12.9. The van der Waals surface area contributed by atoms with Gasteiger partial charge in [0.05, 0.1) is 47.1 Å². The summed E-state index contributed by atoms with van der Waals surface area (Å²) in [5.74, 6) is -1.82. The molecule has 2 N–H and O–H groups in total. The quantitative estimate of drug-likeness (QED) is 0.454. The number of hydrogen-bond donors (Lipinski definition) is 2. The minimum atomic E-state index is -0.654. The van der Waals surface area contributed by atoms with E-state index < -0.39 is 17.8 Å². The summed E-state index contributed by atoms with van der Waals surface area (Å²) in [6.07, 6.45) is -0.216. The highest BCUT2D eigenvalue weighted by Gasteiger charge is 2.26. The second kappa shape index (κ2) is 10.5. The van der Waals surface area contributed by atoms with Crippen LogP contribution >= 0.6 is 23.2 Å². The molecule has 0 aliphatic rings. The zero-order valence-electron chi connectivity index (χ0n) is 17.6. The van der Waals surface area contributed by atoms with E-state index in [2.05, 4.69) is 10.3 Å². The number of anilines is 1. The smallest absolute Gasteiger partial charge is 0.339 e. The van der Waals surface area contributed by atoms with Crippen molar-refractivity contribution in [2.24, 2.45) is 0 Å². The molecule has 1 aromatic carbocycles. The molecule has 31 heavy (non-hydrogen) atoms. The molecule has 1 heterocycles. The Balaban J connectivity index is 2.20. The number of ketones is 1. The number of carbonyl (C=O) groups is 4. The Labute approximate surface area is 189 Å². The number of nitrogens with zero attached hydrogens (tertiary/aromatic N) is 1. The Morgan fingerprint density at radius 3 is 2.29 bits per heavy atom. The molecule has 10 heteroatoms. The summed E-state index contributed by atoms with van der Waals surface area (Å²) in [7, 11) is 1.22. The van der Waals surface area contributed by atoms with E-state index in [4.69, 9.17) is 27.9 Å². The van der Waals surface area contributed by atoms with Gasteiger partial charge in [-0.05, 0) is 31.5 Å². The number of para-hydroxylation sites is 1. The topological polar surface area (TPSA) is 109 Å². The van der Waals surface area contributed by atoms with E-state index in [0.29, 0.717) is 5.56 Å². The molecule has 0 spiro atoms. The number of rotatable bonds is 8. The van der Waals surface area contributed by atoms with Gasteiger partial charge in [0.2, 0.25) is 11.8 Å². The molecule has 0 saturated carbocycles. The first-order chi connectivity index (χ1) is 14.6. The van der Waals surface area contributed by atoms with E-state index in [1.807, 2.05) is 0 Å². The van der Waals surface area contributed by atoms with Gasteiger partial charge in [0.25, 0.3) is 0 Å². The maximum Gasteiger partial charge on any atom is 0.339 e. The normalized spacial score (nSPS) is 10.5. The number of nitrogens with one attached hydrogen (secondary N) is 2. The number of methoxy groups -OCH3 is 1. The molecule has 166 valence electrons. The number of carbonyl (C=O) groups excluding carboxylic acids is 4. The number of aromatic amines is 1. The van der Waals surface area contributed by atoms with Crippen LogP contribution in [0.5, 0.6) is 0 Å². The van der Waals surface area contributed by atoms with E-state index in [1.165, 1.54) is 18.9 Å². The number of aromatic nitrogens is 1. The molecule has 0 fully saturated rings. The molecule has 1 aromatic heterocycles. The average molecular weight is 468 g/mol. The van der Waals surface area contributed by atoms with Gasteiger partial charge >= 0.3 is 5.97 Å². The van der Waals surface area contributed by atoms with Crippen molar-refractivity contribution in [3.05, 3.63) is 50.8 Å². The van der Waals surface area contributed by atoms with Crippen molar-refractivity contribution in [1.82, 2.24) is 9.88 Å². The number of H-pyrrole nitrogens is 1. The largest absolute Gasteiger partial charge is 0.465 e. The molecule has 0 aliphatic heterocycles. The Morgan fingerprint density at radius 1 is 1.16 bits per heavy atom. The number of Topliss-reactive ketones (excluding diaryl/α,β-unsaturated/α-hetero) is 1. The summed E-state index contributed by atoms with van der Waals surface area (Å²) in [6.45, 7) is 4.68. The molecular weight excluding hydrogens is 445 g/mol. The number of ether oxygens (including phenoxy) is 1. The standard InChI is InChI=1S/C21H23Cl2N3O5/c1-5-26(10-16(28)25-20-13(22)7-6-8-14(20)23)17(29)9-15-18(21(30)31-4)11(2)19(24-15)12(3)27/h6-8,24H,5,9-10H2,1-4H3,(H,25,28). The van der Waals surface area contributed by atoms with Crippen LogP contribution < -0.4 is 5.32 Å². The van der Waals surface area contributed by atoms with Gasteiger partial charge in [-0.3, -0.25) is 14.4 Å². The minimum absolute atomic E-state index is 0.143. The van der Waals surface area contributed by atoms with Crippen LogP contribution in [0, 0.1) is 6.92 Å². The summed E-state index contributed by atoms with van der Waals surface area (Å²) in [6, 6.07) is 4.81. The van der Waals surface area contributed by atoms with Gasteiger partial charge in [0.15, 0.2) is 5.78 Å². The molecule has 0 saturated heterocycles. The van der Waals surface area contributed by atoms with Gasteiger partial charge in [-0.2, -0.15) is 0 Å². The summed E-state index contributed by atoms with van der Waals surface area (Å²) >= 11 is 12.1. The third-order valence-corrected chi connectivity index (χ3v) is 5.32. The summed E-state index contributed by atoms with van der Waals surface area (Å²) in [5.41, 5.74) is 1.31. The van der Waals surface area contributed by atoms with Crippen molar-refractivity contribution in [2.75, 3.05) is 25.5 Å². The lowest BCUT2D eigenvalue weighted by molar-refractivity contribution is -0.133. The van der Waals surface area contributed by atoms with Gasteiger partial charge in [-0.25, -0.2) is 4.79 Å². The first kappa shape index (κ1) is 24.4. The first-order valence-electron chi connectivity index (χ1n) is 9.42. The lowest BCUT2D eigenvalue weighted by Gasteiger charge is -2.21. The number of esters is 1. The van der Waals surface area contributed by atoms with E-state index in [9.17, 15) is 19.2 Å².